The fourth-order valence-corrected chi connectivity index (χ4v) is 0.962. The Labute approximate surface area is 101 Å². The summed E-state index contributed by atoms with van der Waals surface area (Å²) >= 11 is 0. The maximum Gasteiger partial charge on any atom is 2.00 e. The molecule has 0 fully saturated rings. The van der Waals surface area contributed by atoms with Crippen molar-refractivity contribution < 1.29 is 37.3 Å². The number of carbonyl (C=O) groups excluding carboxylic acids is 2. The summed E-state index contributed by atoms with van der Waals surface area (Å²) in [7, 11) is 0. The minimum Gasteiger partial charge on any atom is -0.545 e. The molecule has 0 aromatic rings. The second kappa shape index (κ2) is 12.0. The van der Waals surface area contributed by atoms with Crippen LogP contribution in [-0.2, 0) is 9.59 Å². The van der Waals surface area contributed by atoms with Crippen LogP contribution in [0.1, 0.15) is 33.6 Å². The van der Waals surface area contributed by atoms with Gasteiger partial charge in [0.25, 0.3) is 0 Å². The molecule has 0 heterocycles. The van der Waals surface area contributed by atoms with Gasteiger partial charge in [0.05, 0.1) is 11.9 Å². The molecule has 93 valence electrons. The van der Waals surface area contributed by atoms with E-state index in [0.717, 1.165) is 0 Å². The van der Waals surface area contributed by atoms with Gasteiger partial charge in [-0.15, -0.1) is 0 Å². The van der Waals surface area contributed by atoms with Gasteiger partial charge in [0, 0.05) is 6.61 Å². The Morgan fingerprint density at radius 1 is 0.938 bits per heavy atom. The van der Waals surface area contributed by atoms with Gasteiger partial charge in [-0.1, -0.05) is 13.8 Å². The Balaban J connectivity index is -0.000000377. The Kier molecular flexibility index (Phi) is 15.3. The highest BCUT2D eigenvalue weighted by Crippen LogP contribution is 2.10. The predicted octanol–water partition coefficient (Wildman–Crippen LogP) is -1.40. The van der Waals surface area contributed by atoms with E-state index in [-0.39, 0.29) is 43.0 Å². The molecule has 0 spiro atoms. The van der Waals surface area contributed by atoms with Crippen LogP contribution in [-0.4, -0.2) is 23.7 Å². The molecular weight excluding hydrogens is 236 g/mol. The molecule has 0 amide bonds. The van der Waals surface area contributed by atoms with E-state index in [0.29, 0.717) is 0 Å². The first-order chi connectivity index (χ1) is 6.95. The molecule has 0 aliphatic rings. The van der Waals surface area contributed by atoms with E-state index in [4.69, 9.17) is 5.11 Å². The monoisotopic (exact) mass is 251 g/mol. The number of aliphatic hydroxyl groups is 1. The Bertz CT molecular complexity index is 224. The average molecular weight is 252 g/mol. The molecule has 1 N–H and O–H groups in total. The predicted molar refractivity (Wildman–Crippen MR) is 50.4 cm³/mol. The number of aliphatic carboxylic acids is 2. The van der Waals surface area contributed by atoms with Crippen LogP contribution < -0.4 is 10.2 Å². The van der Waals surface area contributed by atoms with Gasteiger partial charge in [-0.2, -0.15) is 0 Å². The summed E-state index contributed by atoms with van der Waals surface area (Å²) in [6.45, 7) is 5.05. The summed E-state index contributed by atoms with van der Waals surface area (Å²) in [5.41, 5.74) is -0.366. The molecule has 5 nitrogen and oxygen atoms in total. The molecule has 0 aliphatic heterocycles. The van der Waals surface area contributed by atoms with Crippen molar-refractivity contribution in [3.05, 3.63) is 11.1 Å². The van der Waals surface area contributed by atoms with Crippen molar-refractivity contribution >= 4 is 11.9 Å². The van der Waals surface area contributed by atoms with E-state index in [2.05, 4.69) is 0 Å². The summed E-state index contributed by atoms with van der Waals surface area (Å²) < 4.78 is 0. The summed E-state index contributed by atoms with van der Waals surface area (Å²) in [4.78, 5) is 20.8. The van der Waals surface area contributed by atoms with Crippen LogP contribution in [0.15, 0.2) is 11.1 Å². The van der Waals surface area contributed by atoms with Crippen molar-refractivity contribution in [2.24, 2.45) is 0 Å². The molecule has 0 aliphatic carbocycles. The van der Waals surface area contributed by atoms with Gasteiger partial charge in [-0.25, -0.2) is 0 Å². The fourth-order valence-electron chi connectivity index (χ4n) is 0.962. The molecule has 0 saturated carbocycles. The van der Waals surface area contributed by atoms with Gasteiger partial charge in [0.1, 0.15) is 0 Å². The van der Waals surface area contributed by atoms with Gasteiger partial charge in [-0.05, 0) is 30.9 Å². The maximum atomic E-state index is 10.4. The number of carboxylic acids is 2. The van der Waals surface area contributed by atoms with E-state index < -0.39 is 11.9 Å². The molecule has 0 aromatic carbocycles. The van der Waals surface area contributed by atoms with E-state index in [1.54, 1.807) is 20.8 Å². The molecule has 0 bridgehead atoms. The number of hydrogen-bond donors (Lipinski definition) is 1. The normalized spacial score (nSPS) is 10.2. The molecule has 16 heavy (non-hydrogen) atoms. The van der Waals surface area contributed by atoms with Crippen LogP contribution in [0, 0.1) is 12.4 Å². The van der Waals surface area contributed by atoms with E-state index in [9.17, 15) is 19.8 Å². The molecule has 0 atom stereocenters. The topological polar surface area (TPSA) is 100 Å². The lowest BCUT2D eigenvalue weighted by atomic mass is 10.0. The molecule has 3 radical (unpaired) electrons. The van der Waals surface area contributed by atoms with Crippen molar-refractivity contribution in [2.75, 3.05) is 6.61 Å². The van der Waals surface area contributed by atoms with Gasteiger partial charge in [0.15, 0.2) is 0 Å². The molecule has 0 aromatic heterocycles. The second-order valence-electron chi connectivity index (χ2n) is 2.56. The number of aliphatic hydroxyl groups excluding tert-OH is 1. The minimum atomic E-state index is -1.43. The molecule has 6 heteroatoms. The third-order valence-electron chi connectivity index (χ3n) is 1.56. The van der Waals surface area contributed by atoms with Gasteiger partial charge in [0.2, 0.25) is 0 Å². The van der Waals surface area contributed by atoms with Gasteiger partial charge in [-0.3, -0.25) is 0 Å². The van der Waals surface area contributed by atoms with Crippen LogP contribution in [0.4, 0.5) is 0 Å². The Morgan fingerprint density at radius 2 is 1.12 bits per heavy atom. The summed E-state index contributed by atoms with van der Waals surface area (Å²) in [5.74, 6) is -2.86. The number of halogens is 1. The highest BCUT2D eigenvalue weighted by atomic mass is 35.5. The standard InChI is InChI=1S/C8H12O4.C2H6O.Cl/c1-3-5(7(9)10)6(4-2)8(11)12;1-2-3;/h3-4H2,1-2H3,(H,9,10)(H,11,12);3H,2H2,1H3;/q;;+2/p-2. The lowest BCUT2D eigenvalue weighted by Gasteiger charge is -2.13. The van der Waals surface area contributed by atoms with Crippen molar-refractivity contribution in [2.45, 2.75) is 33.6 Å². The van der Waals surface area contributed by atoms with Crippen LogP contribution in [0.5, 0.6) is 0 Å². The second-order valence-corrected chi connectivity index (χ2v) is 2.56. The summed E-state index contributed by atoms with van der Waals surface area (Å²) in [6, 6.07) is 0. The highest BCUT2D eigenvalue weighted by Gasteiger charge is 2.04. The van der Waals surface area contributed by atoms with Crippen LogP contribution in [0.3, 0.4) is 0 Å². The molecule has 0 unspecified atom stereocenters. The van der Waals surface area contributed by atoms with Gasteiger partial charge < -0.3 is 24.9 Å². The number of rotatable bonds is 4. The van der Waals surface area contributed by atoms with Crippen molar-refractivity contribution in [3.8, 4) is 0 Å². The van der Waals surface area contributed by atoms with E-state index in [1.807, 2.05) is 0 Å². The number of carbonyl (C=O) groups is 2. The minimum absolute atomic E-state index is 0. The molecular formula is C10H16ClO5. The zero-order chi connectivity index (χ0) is 12.4. The zero-order valence-corrected chi connectivity index (χ0v) is 10.3. The zero-order valence-electron chi connectivity index (χ0n) is 9.58. The Hall–Kier alpha value is -1.07. The van der Waals surface area contributed by atoms with Crippen molar-refractivity contribution in [1.82, 2.24) is 0 Å². The summed E-state index contributed by atoms with van der Waals surface area (Å²) in [6.07, 6.45) is 0.277. The van der Waals surface area contributed by atoms with E-state index in [1.165, 1.54) is 0 Å². The van der Waals surface area contributed by atoms with Crippen LogP contribution in [0.25, 0.3) is 0 Å². The van der Waals surface area contributed by atoms with Crippen molar-refractivity contribution in [3.63, 3.8) is 0 Å². The van der Waals surface area contributed by atoms with Crippen molar-refractivity contribution in [1.29, 1.82) is 0 Å². The average Bonchev–Trinajstić information content (AvgIpc) is 2.13. The Morgan fingerprint density at radius 3 is 1.19 bits per heavy atom. The SMILES string of the molecule is CCC(C(=O)[O-])=C(CC)C(=O)[O-].CCO.[Cl+2]. The van der Waals surface area contributed by atoms with E-state index >= 15 is 0 Å². The quantitative estimate of drug-likeness (QED) is 0.620. The molecule has 0 rings (SSSR count). The lowest BCUT2D eigenvalue weighted by Crippen LogP contribution is -2.31. The fraction of sp³-hybridized carbons (Fsp3) is 0.600. The summed E-state index contributed by atoms with van der Waals surface area (Å²) in [5, 5.41) is 28.3. The number of hydrogen-bond acceptors (Lipinski definition) is 5. The first-order valence-electron chi connectivity index (χ1n) is 4.71. The first kappa shape index (κ1) is 20.4. The lowest BCUT2D eigenvalue weighted by molar-refractivity contribution is -0.304. The molecule has 0 saturated heterocycles. The van der Waals surface area contributed by atoms with Crippen LogP contribution >= 0.6 is 0 Å². The first-order valence-corrected chi connectivity index (χ1v) is 4.71. The van der Waals surface area contributed by atoms with Gasteiger partial charge >= 0.3 is 12.4 Å². The highest BCUT2D eigenvalue weighted by molar-refractivity contribution is 5.96. The third-order valence-corrected chi connectivity index (χ3v) is 1.56. The smallest absolute Gasteiger partial charge is 0.545 e. The third kappa shape index (κ3) is 8.26. The maximum absolute atomic E-state index is 10.4. The number of carboxylic acid groups (broad SMARTS) is 2. The van der Waals surface area contributed by atoms with Crippen LogP contribution in [0.2, 0.25) is 0 Å². The largest absolute Gasteiger partial charge is 2.00 e.